The molecule has 2 aliphatic rings. The first kappa shape index (κ1) is 12.8. The molecule has 5 heteroatoms. The van der Waals surface area contributed by atoms with Gasteiger partial charge in [-0.15, -0.1) is 0 Å². The minimum Gasteiger partial charge on any atom is -0.392 e. The van der Waals surface area contributed by atoms with Crippen LogP contribution in [-0.2, 0) is 9.53 Å². The molecule has 0 aromatic rings. The predicted molar refractivity (Wildman–Crippen MR) is 69.7 cm³/mol. The summed E-state index contributed by atoms with van der Waals surface area (Å²) in [5.74, 6) is 0.139. The van der Waals surface area contributed by atoms with Crippen LogP contribution < -0.4 is 5.73 Å². The van der Waals surface area contributed by atoms with Crippen molar-refractivity contribution >= 4 is 23.1 Å². The molecule has 1 heterocycles. The van der Waals surface area contributed by atoms with Crippen molar-refractivity contribution in [3.8, 4) is 0 Å². The fourth-order valence-corrected chi connectivity index (χ4v) is 2.75. The van der Waals surface area contributed by atoms with Crippen LogP contribution in [0.5, 0.6) is 0 Å². The van der Waals surface area contributed by atoms with Gasteiger partial charge in [0.2, 0.25) is 5.91 Å². The second-order valence-corrected chi connectivity index (χ2v) is 5.33. The average Bonchev–Trinajstić information content (AvgIpc) is 3.11. The highest BCUT2D eigenvalue weighted by Gasteiger charge is 2.54. The third kappa shape index (κ3) is 2.45. The van der Waals surface area contributed by atoms with Crippen molar-refractivity contribution in [3.05, 3.63) is 0 Å². The van der Waals surface area contributed by atoms with E-state index >= 15 is 0 Å². The number of hydrogen-bond donors (Lipinski definition) is 1. The molecule has 1 saturated heterocycles. The van der Waals surface area contributed by atoms with E-state index in [1.54, 1.807) is 0 Å². The maximum Gasteiger partial charge on any atom is 0.235 e. The molecular weight excluding hydrogens is 236 g/mol. The van der Waals surface area contributed by atoms with Crippen LogP contribution >= 0.6 is 12.2 Å². The summed E-state index contributed by atoms with van der Waals surface area (Å²) >= 11 is 5.01. The summed E-state index contributed by atoms with van der Waals surface area (Å²) < 4.78 is 5.57. The van der Waals surface area contributed by atoms with Crippen LogP contribution in [-0.4, -0.2) is 41.6 Å². The summed E-state index contributed by atoms with van der Waals surface area (Å²) in [6.07, 6.45) is 3.81. The lowest BCUT2D eigenvalue weighted by Crippen LogP contribution is -2.47. The summed E-state index contributed by atoms with van der Waals surface area (Å²) in [5, 5.41) is 0. The van der Waals surface area contributed by atoms with Gasteiger partial charge in [0.25, 0.3) is 0 Å². The van der Waals surface area contributed by atoms with Crippen molar-refractivity contribution in [1.29, 1.82) is 0 Å². The van der Waals surface area contributed by atoms with Gasteiger partial charge in [-0.2, -0.15) is 0 Å². The minimum atomic E-state index is -0.492. The summed E-state index contributed by atoms with van der Waals surface area (Å²) in [4.78, 5) is 14.6. The van der Waals surface area contributed by atoms with Gasteiger partial charge in [0, 0.05) is 19.7 Å². The topological polar surface area (TPSA) is 55.6 Å². The number of likely N-dealkylation sites (tertiary alicyclic amines) is 1. The summed E-state index contributed by atoms with van der Waals surface area (Å²) in [5.41, 5.74) is 5.18. The van der Waals surface area contributed by atoms with E-state index in [4.69, 9.17) is 22.7 Å². The fraction of sp³-hybridized carbons (Fsp3) is 0.833. The van der Waals surface area contributed by atoms with Gasteiger partial charge < -0.3 is 15.4 Å². The van der Waals surface area contributed by atoms with Crippen LogP contribution in [0.25, 0.3) is 0 Å². The predicted octanol–water partition coefficient (Wildman–Crippen LogP) is 1.08. The first-order valence-corrected chi connectivity index (χ1v) is 6.72. The van der Waals surface area contributed by atoms with E-state index in [9.17, 15) is 4.79 Å². The Bertz CT molecular complexity index is 320. The molecular formula is C12H20N2O2S. The van der Waals surface area contributed by atoms with Crippen molar-refractivity contribution in [2.45, 2.75) is 38.7 Å². The van der Waals surface area contributed by atoms with Gasteiger partial charge in [0.15, 0.2) is 0 Å². The first-order chi connectivity index (χ1) is 8.10. The van der Waals surface area contributed by atoms with Crippen molar-refractivity contribution in [2.75, 3.05) is 19.7 Å². The highest BCUT2D eigenvalue weighted by molar-refractivity contribution is 7.80. The number of piperidine rings is 1. The van der Waals surface area contributed by atoms with Crippen LogP contribution in [0.15, 0.2) is 0 Å². The molecule has 4 nitrogen and oxygen atoms in total. The van der Waals surface area contributed by atoms with Crippen LogP contribution in [0.3, 0.4) is 0 Å². The van der Waals surface area contributed by atoms with E-state index in [1.165, 1.54) is 0 Å². The molecule has 0 aromatic heterocycles. The molecule has 0 atom stereocenters. The Hall–Kier alpha value is -0.680. The molecule has 96 valence electrons. The maximum atomic E-state index is 12.3. The Morgan fingerprint density at radius 1 is 1.47 bits per heavy atom. The molecule has 17 heavy (non-hydrogen) atoms. The summed E-state index contributed by atoms with van der Waals surface area (Å²) in [7, 11) is 0. The van der Waals surface area contributed by atoms with E-state index in [1.807, 2.05) is 11.8 Å². The monoisotopic (exact) mass is 256 g/mol. The Labute approximate surface area is 107 Å². The smallest absolute Gasteiger partial charge is 0.235 e. The first-order valence-electron chi connectivity index (χ1n) is 6.31. The SMILES string of the molecule is CCOC1CCN(C(=O)C2(C(N)=S)CC2)CC1. The molecule has 0 bridgehead atoms. The quantitative estimate of drug-likeness (QED) is 0.765. The van der Waals surface area contributed by atoms with Crippen molar-refractivity contribution < 1.29 is 9.53 Å². The average molecular weight is 256 g/mol. The molecule has 2 fully saturated rings. The number of amides is 1. The minimum absolute atomic E-state index is 0.139. The Morgan fingerprint density at radius 2 is 2.06 bits per heavy atom. The number of carbonyl (C=O) groups excluding carboxylic acids is 1. The third-order valence-electron chi connectivity index (χ3n) is 3.76. The van der Waals surface area contributed by atoms with E-state index in [2.05, 4.69) is 0 Å². The zero-order chi connectivity index (χ0) is 12.5. The molecule has 0 spiro atoms. The Balaban J connectivity index is 1.89. The Morgan fingerprint density at radius 3 is 2.47 bits per heavy atom. The van der Waals surface area contributed by atoms with E-state index in [0.717, 1.165) is 45.4 Å². The molecule has 1 aliphatic heterocycles. The molecule has 1 aliphatic carbocycles. The summed E-state index contributed by atoms with van der Waals surface area (Å²) in [6, 6.07) is 0. The number of carbonyl (C=O) groups is 1. The van der Waals surface area contributed by atoms with Crippen molar-refractivity contribution in [3.63, 3.8) is 0 Å². The lowest BCUT2D eigenvalue weighted by Gasteiger charge is -2.34. The number of rotatable bonds is 4. The standard InChI is InChI=1S/C12H20N2O2S/c1-2-16-9-3-7-14(8-4-9)11(15)12(5-6-12)10(13)17/h9H,2-8H2,1H3,(H2,13,17). The second kappa shape index (κ2) is 4.90. The molecule has 2 N–H and O–H groups in total. The molecule has 1 saturated carbocycles. The van der Waals surface area contributed by atoms with E-state index in [-0.39, 0.29) is 5.91 Å². The fourth-order valence-electron chi connectivity index (χ4n) is 2.45. The number of nitrogens with zero attached hydrogens (tertiary/aromatic N) is 1. The largest absolute Gasteiger partial charge is 0.392 e. The van der Waals surface area contributed by atoms with Gasteiger partial charge in [0.05, 0.1) is 16.5 Å². The van der Waals surface area contributed by atoms with Crippen LogP contribution in [0.4, 0.5) is 0 Å². The normalized spacial score (nSPS) is 23.5. The van der Waals surface area contributed by atoms with Crippen LogP contribution in [0.2, 0.25) is 0 Å². The lowest BCUT2D eigenvalue weighted by molar-refractivity contribution is -0.137. The molecule has 0 aromatic carbocycles. The number of nitrogens with two attached hydrogens (primary N) is 1. The zero-order valence-corrected chi connectivity index (χ0v) is 11.1. The maximum absolute atomic E-state index is 12.3. The second-order valence-electron chi connectivity index (χ2n) is 4.89. The highest BCUT2D eigenvalue weighted by Crippen LogP contribution is 2.47. The molecule has 0 unspecified atom stereocenters. The van der Waals surface area contributed by atoms with Crippen molar-refractivity contribution in [1.82, 2.24) is 4.90 Å². The van der Waals surface area contributed by atoms with Crippen LogP contribution in [0, 0.1) is 5.41 Å². The number of hydrogen-bond acceptors (Lipinski definition) is 3. The van der Waals surface area contributed by atoms with Gasteiger partial charge in [-0.05, 0) is 32.6 Å². The van der Waals surface area contributed by atoms with Gasteiger partial charge in [-0.3, -0.25) is 4.79 Å². The van der Waals surface area contributed by atoms with Gasteiger partial charge >= 0.3 is 0 Å². The van der Waals surface area contributed by atoms with Gasteiger partial charge in [-0.25, -0.2) is 0 Å². The van der Waals surface area contributed by atoms with E-state index < -0.39 is 5.41 Å². The molecule has 1 amide bonds. The van der Waals surface area contributed by atoms with Gasteiger partial charge in [-0.1, -0.05) is 12.2 Å². The van der Waals surface area contributed by atoms with Crippen LogP contribution in [0.1, 0.15) is 32.6 Å². The zero-order valence-electron chi connectivity index (χ0n) is 10.3. The van der Waals surface area contributed by atoms with E-state index in [0.29, 0.717) is 11.1 Å². The van der Waals surface area contributed by atoms with Gasteiger partial charge in [0.1, 0.15) is 0 Å². The summed E-state index contributed by atoms with van der Waals surface area (Å²) in [6.45, 7) is 4.29. The number of ether oxygens (including phenoxy) is 1. The highest BCUT2D eigenvalue weighted by atomic mass is 32.1. The lowest BCUT2D eigenvalue weighted by atomic mass is 10.0. The molecule has 2 rings (SSSR count). The molecule has 0 radical (unpaired) electrons. The third-order valence-corrected chi connectivity index (χ3v) is 4.15. The number of thiocarbonyl (C=S) groups is 1. The van der Waals surface area contributed by atoms with Crippen molar-refractivity contribution in [2.24, 2.45) is 11.1 Å². The Kier molecular flexibility index (Phi) is 3.68.